The predicted octanol–water partition coefficient (Wildman–Crippen LogP) is 3.45. The van der Waals surface area contributed by atoms with Crippen LogP contribution >= 0.6 is 15.9 Å². The van der Waals surface area contributed by atoms with Crippen molar-refractivity contribution in [1.29, 1.82) is 0 Å². The zero-order valence-electron chi connectivity index (χ0n) is 8.77. The standard InChI is InChI=1S/C11H14BrFN2/c1-6-5-14-10-3-8(12)9(13)4-11(10)15-7(6)2/h3-4,6-7,14-15H,5H2,1-2H3. The quantitative estimate of drug-likeness (QED) is 0.756. The summed E-state index contributed by atoms with van der Waals surface area (Å²) in [5, 5.41) is 6.63. The van der Waals surface area contributed by atoms with E-state index in [1.54, 1.807) is 6.07 Å². The molecule has 15 heavy (non-hydrogen) atoms. The Balaban J connectivity index is 2.39. The largest absolute Gasteiger partial charge is 0.383 e. The third-order valence-electron chi connectivity index (χ3n) is 2.91. The highest BCUT2D eigenvalue weighted by atomic mass is 79.9. The van der Waals surface area contributed by atoms with Gasteiger partial charge < -0.3 is 10.6 Å². The molecule has 0 saturated carbocycles. The molecule has 0 fully saturated rings. The molecule has 0 radical (unpaired) electrons. The molecule has 0 bridgehead atoms. The van der Waals surface area contributed by atoms with Gasteiger partial charge in [0.25, 0.3) is 0 Å². The van der Waals surface area contributed by atoms with Crippen molar-refractivity contribution in [3.63, 3.8) is 0 Å². The number of fused-ring (bicyclic) bond motifs is 1. The van der Waals surface area contributed by atoms with Crippen molar-refractivity contribution in [2.45, 2.75) is 19.9 Å². The highest BCUT2D eigenvalue weighted by Gasteiger charge is 2.19. The van der Waals surface area contributed by atoms with E-state index in [4.69, 9.17) is 0 Å². The topological polar surface area (TPSA) is 24.1 Å². The molecule has 2 unspecified atom stereocenters. The van der Waals surface area contributed by atoms with Crippen LogP contribution in [0.15, 0.2) is 16.6 Å². The summed E-state index contributed by atoms with van der Waals surface area (Å²) >= 11 is 3.19. The first-order chi connectivity index (χ1) is 7.08. The fraction of sp³-hybridized carbons (Fsp3) is 0.455. The fourth-order valence-electron chi connectivity index (χ4n) is 1.65. The number of benzene rings is 1. The first kappa shape index (κ1) is 10.7. The van der Waals surface area contributed by atoms with Crippen molar-refractivity contribution < 1.29 is 4.39 Å². The van der Waals surface area contributed by atoms with Crippen LogP contribution in [0.2, 0.25) is 0 Å². The molecule has 0 spiro atoms. The molecule has 0 saturated heterocycles. The average Bonchev–Trinajstić information content (AvgIpc) is 2.31. The summed E-state index contributed by atoms with van der Waals surface area (Å²) in [6.07, 6.45) is 0. The monoisotopic (exact) mass is 272 g/mol. The van der Waals surface area contributed by atoms with Crippen LogP contribution in [0.25, 0.3) is 0 Å². The van der Waals surface area contributed by atoms with E-state index < -0.39 is 0 Å². The van der Waals surface area contributed by atoms with E-state index in [1.165, 1.54) is 6.07 Å². The highest BCUT2D eigenvalue weighted by molar-refractivity contribution is 9.10. The van der Waals surface area contributed by atoms with Crippen LogP contribution in [-0.2, 0) is 0 Å². The molecular formula is C11H14BrFN2. The van der Waals surface area contributed by atoms with Crippen molar-refractivity contribution in [3.05, 3.63) is 22.4 Å². The van der Waals surface area contributed by atoms with E-state index >= 15 is 0 Å². The van der Waals surface area contributed by atoms with E-state index in [-0.39, 0.29) is 5.82 Å². The van der Waals surface area contributed by atoms with E-state index in [1.807, 2.05) is 0 Å². The van der Waals surface area contributed by atoms with Crippen LogP contribution < -0.4 is 10.6 Å². The first-order valence-electron chi connectivity index (χ1n) is 5.07. The molecule has 2 atom stereocenters. The Morgan fingerprint density at radius 3 is 2.80 bits per heavy atom. The number of halogens is 2. The van der Waals surface area contributed by atoms with Crippen molar-refractivity contribution in [1.82, 2.24) is 0 Å². The summed E-state index contributed by atoms with van der Waals surface area (Å²) in [6, 6.07) is 3.66. The summed E-state index contributed by atoms with van der Waals surface area (Å²) in [4.78, 5) is 0. The van der Waals surface area contributed by atoms with Gasteiger partial charge in [-0.3, -0.25) is 0 Å². The molecule has 0 aliphatic carbocycles. The van der Waals surface area contributed by atoms with Gasteiger partial charge in [0.2, 0.25) is 0 Å². The number of hydrogen-bond acceptors (Lipinski definition) is 2. The van der Waals surface area contributed by atoms with Gasteiger partial charge in [-0.1, -0.05) is 6.92 Å². The van der Waals surface area contributed by atoms with Crippen LogP contribution in [0.1, 0.15) is 13.8 Å². The lowest BCUT2D eigenvalue weighted by atomic mass is 10.0. The maximum atomic E-state index is 13.3. The summed E-state index contributed by atoms with van der Waals surface area (Å²) in [5.41, 5.74) is 1.80. The smallest absolute Gasteiger partial charge is 0.139 e. The van der Waals surface area contributed by atoms with Crippen molar-refractivity contribution in [3.8, 4) is 0 Å². The summed E-state index contributed by atoms with van der Waals surface area (Å²) < 4.78 is 13.8. The van der Waals surface area contributed by atoms with Gasteiger partial charge >= 0.3 is 0 Å². The minimum atomic E-state index is -0.232. The van der Waals surface area contributed by atoms with Gasteiger partial charge in [0.05, 0.1) is 15.8 Å². The molecule has 0 aromatic heterocycles. The third kappa shape index (κ3) is 2.09. The fourth-order valence-corrected chi connectivity index (χ4v) is 1.99. The Hall–Kier alpha value is -0.770. The maximum absolute atomic E-state index is 13.3. The molecule has 2 N–H and O–H groups in total. The first-order valence-corrected chi connectivity index (χ1v) is 5.86. The number of rotatable bonds is 0. The third-order valence-corrected chi connectivity index (χ3v) is 3.52. The predicted molar refractivity (Wildman–Crippen MR) is 64.8 cm³/mol. The Kier molecular flexibility index (Phi) is 2.87. The van der Waals surface area contributed by atoms with Gasteiger partial charge in [0.15, 0.2) is 0 Å². The van der Waals surface area contributed by atoms with Crippen molar-refractivity contribution >= 4 is 27.3 Å². The number of nitrogens with one attached hydrogen (secondary N) is 2. The Labute approximate surface area is 97.4 Å². The zero-order valence-corrected chi connectivity index (χ0v) is 10.4. The molecule has 82 valence electrons. The Bertz CT molecular complexity index is 381. The van der Waals surface area contributed by atoms with Gasteiger partial charge in [-0.25, -0.2) is 4.39 Å². The van der Waals surface area contributed by atoms with Crippen LogP contribution in [0.4, 0.5) is 15.8 Å². The highest BCUT2D eigenvalue weighted by Crippen LogP contribution is 2.32. The van der Waals surface area contributed by atoms with Crippen LogP contribution in [0, 0.1) is 11.7 Å². The molecular weight excluding hydrogens is 259 g/mol. The molecule has 2 nitrogen and oxygen atoms in total. The summed E-state index contributed by atoms with van der Waals surface area (Å²) in [6.45, 7) is 5.18. The Morgan fingerprint density at radius 2 is 2.07 bits per heavy atom. The van der Waals surface area contributed by atoms with Crippen molar-refractivity contribution in [2.24, 2.45) is 5.92 Å². The molecule has 1 heterocycles. The van der Waals surface area contributed by atoms with Crippen molar-refractivity contribution in [2.75, 3.05) is 17.2 Å². The van der Waals surface area contributed by atoms with Gasteiger partial charge in [-0.15, -0.1) is 0 Å². The lowest BCUT2D eigenvalue weighted by Crippen LogP contribution is -2.25. The summed E-state index contributed by atoms with van der Waals surface area (Å²) in [5.74, 6) is 0.282. The van der Waals surface area contributed by atoms with Gasteiger partial charge in [-0.05, 0) is 34.8 Å². The summed E-state index contributed by atoms with van der Waals surface area (Å²) in [7, 11) is 0. The SMILES string of the molecule is CC1CNc2cc(Br)c(F)cc2NC1C. The normalized spacial score (nSPS) is 24.8. The minimum absolute atomic E-state index is 0.232. The Morgan fingerprint density at radius 1 is 1.33 bits per heavy atom. The van der Waals surface area contributed by atoms with Gasteiger partial charge in [0, 0.05) is 18.7 Å². The number of anilines is 2. The van der Waals surface area contributed by atoms with E-state index in [0.29, 0.717) is 16.4 Å². The second-order valence-corrected chi connectivity index (χ2v) is 4.96. The molecule has 4 heteroatoms. The lowest BCUT2D eigenvalue weighted by molar-refractivity contribution is 0.542. The maximum Gasteiger partial charge on any atom is 0.139 e. The van der Waals surface area contributed by atoms with Gasteiger partial charge in [-0.2, -0.15) is 0 Å². The van der Waals surface area contributed by atoms with E-state index in [2.05, 4.69) is 40.4 Å². The lowest BCUT2D eigenvalue weighted by Gasteiger charge is -2.17. The minimum Gasteiger partial charge on any atom is -0.383 e. The van der Waals surface area contributed by atoms with E-state index in [0.717, 1.165) is 17.9 Å². The molecule has 1 aliphatic rings. The van der Waals surface area contributed by atoms with Gasteiger partial charge in [0.1, 0.15) is 5.82 Å². The zero-order chi connectivity index (χ0) is 11.0. The molecule has 2 rings (SSSR count). The molecule has 1 aliphatic heterocycles. The molecule has 1 aromatic carbocycles. The van der Waals surface area contributed by atoms with E-state index in [9.17, 15) is 4.39 Å². The second kappa shape index (κ2) is 4.00. The molecule has 1 aromatic rings. The van der Waals surface area contributed by atoms with Crippen LogP contribution in [0.3, 0.4) is 0 Å². The molecule has 0 amide bonds. The average molecular weight is 273 g/mol. The second-order valence-electron chi connectivity index (χ2n) is 4.10. The van der Waals surface area contributed by atoms with Crippen LogP contribution in [0.5, 0.6) is 0 Å². The number of hydrogen-bond donors (Lipinski definition) is 2. The van der Waals surface area contributed by atoms with Crippen LogP contribution in [-0.4, -0.2) is 12.6 Å².